The molecule has 2 amide bonds. The van der Waals surface area contributed by atoms with Gasteiger partial charge < -0.3 is 15.3 Å². The summed E-state index contributed by atoms with van der Waals surface area (Å²) < 4.78 is 0. The Morgan fingerprint density at radius 2 is 2.00 bits per heavy atom. The summed E-state index contributed by atoms with van der Waals surface area (Å²) in [7, 11) is 0. The molecule has 0 bridgehead atoms. The molecule has 0 aliphatic carbocycles. The number of hydrogen-bond donors (Lipinski definition) is 2. The maximum absolute atomic E-state index is 12.6. The normalized spacial score (nSPS) is 17.0. The number of nitrogens with zero attached hydrogens (tertiary/aromatic N) is 1. The zero-order valence-electron chi connectivity index (χ0n) is 13.2. The highest BCUT2D eigenvalue weighted by Gasteiger charge is 2.40. The number of rotatable bonds is 7. The van der Waals surface area contributed by atoms with Crippen molar-refractivity contribution in [3.63, 3.8) is 0 Å². The Labute approximate surface area is 131 Å². The molecule has 5 heteroatoms. The number of aliphatic hydroxyl groups is 1. The number of nitrogens with one attached hydrogen (secondary N) is 1. The van der Waals surface area contributed by atoms with E-state index in [0.717, 1.165) is 24.8 Å². The summed E-state index contributed by atoms with van der Waals surface area (Å²) in [6, 6.07) is 6.80. The Morgan fingerprint density at radius 3 is 2.68 bits per heavy atom. The Balaban J connectivity index is 2.19. The quantitative estimate of drug-likeness (QED) is 0.756. The molecule has 120 valence electrons. The molecule has 0 spiro atoms. The molecule has 2 N–H and O–H groups in total. The predicted octanol–water partition coefficient (Wildman–Crippen LogP) is 1.87. The molecule has 1 atom stereocenters. The van der Waals surface area contributed by atoms with Crippen LogP contribution in [0.3, 0.4) is 0 Å². The molecule has 1 aliphatic heterocycles. The molecular formula is C17H24N2O3. The second-order valence-electron chi connectivity index (χ2n) is 5.94. The fourth-order valence-corrected chi connectivity index (χ4v) is 2.82. The van der Waals surface area contributed by atoms with Gasteiger partial charge in [0.1, 0.15) is 6.04 Å². The van der Waals surface area contributed by atoms with Crippen molar-refractivity contribution in [3.05, 3.63) is 35.4 Å². The van der Waals surface area contributed by atoms with Crippen molar-refractivity contribution >= 4 is 11.8 Å². The van der Waals surface area contributed by atoms with Crippen LogP contribution in [0.1, 0.15) is 55.1 Å². The molecule has 0 fully saturated rings. The van der Waals surface area contributed by atoms with Crippen LogP contribution < -0.4 is 5.32 Å². The number of fused-ring (bicyclic) bond motifs is 1. The number of carbonyl (C=O) groups excluding carboxylic acids is 2. The van der Waals surface area contributed by atoms with Crippen LogP contribution in [0.4, 0.5) is 0 Å². The van der Waals surface area contributed by atoms with Crippen LogP contribution in [-0.2, 0) is 4.79 Å². The lowest BCUT2D eigenvalue weighted by Crippen LogP contribution is -2.42. The van der Waals surface area contributed by atoms with Crippen LogP contribution in [0, 0.1) is 0 Å². The first-order chi connectivity index (χ1) is 10.6. The van der Waals surface area contributed by atoms with Crippen LogP contribution in [0.2, 0.25) is 0 Å². The van der Waals surface area contributed by atoms with Gasteiger partial charge in [0, 0.05) is 24.8 Å². The molecule has 2 rings (SSSR count). The molecular weight excluding hydrogens is 280 g/mol. The van der Waals surface area contributed by atoms with E-state index in [9.17, 15) is 9.59 Å². The summed E-state index contributed by atoms with van der Waals surface area (Å²) in [5, 5.41) is 11.8. The lowest BCUT2D eigenvalue weighted by molar-refractivity contribution is -0.126. The summed E-state index contributed by atoms with van der Waals surface area (Å²) >= 11 is 0. The van der Waals surface area contributed by atoms with Gasteiger partial charge in [-0.05, 0) is 44.7 Å². The molecule has 0 saturated carbocycles. The van der Waals surface area contributed by atoms with Crippen LogP contribution in [-0.4, -0.2) is 41.0 Å². The van der Waals surface area contributed by atoms with Crippen LogP contribution in [0.15, 0.2) is 24.3 Å². The monoisotopic (exact) mass is 304 g/mol. The SMILES string of the molecule is CC(C)NC(=O)C1c2ccccc2C(=O)N1CCCCCO. The lowest BCUT2D eigenvalue weighted by Gasteiger charge is -2.25. The largest absolute Gasteiger partial charge is 0.396 e. The maximum atomic E-state index is 12.6. The summed E-state index contributed by atoms with van der Waals surface area (Å²) in [4.78, 5) is 26.7. The Bertz CT molecular complexity index is 542. The fourth-order valence-electron chi connectivity index (χ4n) is 2.82. The minimum atomic E-state index is -0.541. The van der Waals surface area contributed by atoms with E-state index in [1.807, 2.05) is 32.0 Å². The zero-order valence-corrected chi connectivity index (χ0v) is 13.2. The van der Waals surface area contributed by atoms with E-state index in [1.165, 1.54) is 0 Å². The average molecular weight is 304 g/mol. The summed E-state index contributed by atoms with van der Waals surface area (Å²) in [5.41, 5.74) is 1.40. The van der Waals surface area contributed by atoms with E-state index in [2.05, 4.69) is 5.32 Å². The van der Waals surface area contributed by atoms with Gasteiger partial charge in [0.25, 0.3) is 5.91 Å². The van der Waals surface area contributed by atoms with Gasteiger partial charge in [-0.2, -0.15) is 0 Å². The Hall–Kier alpha value is -1.88. The van der Waals surface area contributed by atoms with Gasteiger partial charge in [0.05, 0.1) is 0 Å². The number of hydrogen-bond acceptors (Lipinski definition) is 3. The van der Waals surface area contributed by atoms with Gasteiger partial charge in [0.15, 0.2) is 0 Å². The van der Waals surface area contributed by atoms with Gasteiger partial charge in [-0.25, -0.2) is 0 Å². The topological polar surface area (TPSA) is 69.6 Å². The first kappa shape index (κ1) is 16.5. The molecule has 1 aromatic rings. The van der Waals surface area contributed by atoms with Gasteiger partial charge in [-0.15, -0.1) is 0 Å². The third-order valence-corrected chi connectivity index (χ3v) is 3.79. The van der Waals surface area contributed by atoms with E-state index in [4.69, 9.17) is 5.11 Å². The van der Waals surface area contributed by atoms with Crippen LogP contribution >= 0.6 is 0 Å². The number of aliphatic hydroxyl groups excluding tert-OH is 1. The van der Waals surface area contributed by atoms with E-state index < -0.39 is 6.04 Å². The first-order valence-electron chi connectivity index (χ1n) is 7.87. The molecule has 0 aromatic heterocycles. The van der Waals surface area contributed by atoms with Crippen LogP contribution in [0.25, 0.3) is 0 Å². The van der Waals surface area contributed by atoms with E-state index in [1.54, 1.807) is 11.0 Å². The third-order valence-electron chi connectivity index (χ3n) is 3.79. The van der Waals surface area contributed by atoms with Crippen molar-refractivity contribution in [1.29, 1.82) is 0 Å². The fraction of sp³-hybridized carbons (Fsp3) is 0.529. The number of carbonyl (C=O) groups is 2. The standard InChI is InChI=1S/C17H24N2O3/c1-12(2)18-16(21)15-13-8-4-5-9-14(13)17(22)19(15)10-6-3-7-11-20/h4-5,8-9,12,15,20H,3,6-7,10-11H2,1-2H3,(H,18,21). The van der Waals surface area contributed by atoms with Crippen molar-refractivity contribution in [2.45, 2.75) is 45.2 Å². The molecule has 0 radical (unpaired) electrons. The highest BCUT2D eigenvalue weighted by molar-refractivity contribution is 6.04. The number of unbranched alkanes of at least 4 members (excludes halogenated alkanes) is 2. The molecule has 1 heterocycles. The molecule has 22 heavy (non-hydrogen) atoms. The highest BCUT2D eigenvalue weighted by atomic mass is 16.3. The number of benzene rings is 1. The minimum Gasteiger partial charge on any atom is -0.396 e. The molecule has 1 aliphatic rings. The lowest BCUT2D eigenvalue weighted by atomic mass is 10.0. The van der Waals surface area contributed by atoms with E-state index >= 15 is 0 Å². The zero-order chi connectivity index (χ0) is 16.1. The first-order valence-corrected chi connectivity index (χ1v) is 7.87. The second-order valence-corrected chi connectivity index (χ2v) is 5.94. The molecule has 1 unspecified atom stereocenters. The van der Waals surface area contributed by atoms with Gasteiger partial charge >= 0.3 is 0 Å². The molecule has 0 saturated heterocycles. The molecule has 1 aromatic carbocycles. The third kappa shape index (κ3) is 3.47. The van der Waals surface area contributed by atoms with Crippen molar-refractivity contribution < 1.29 is 14.7 Å². The van der Waals surface area contributed by atoms with Crippen molar-refractivity contribution in [1.82, 2.24) is 10.2 Å². The minimum absolute atomic E-state index is 0.0339. The van der Waals surface area contributed by atoms with E-state index in [-0.39, 0.29) is 24.5 Å². The van der Waals surface area contributed by atoms with Crippen molar-refractivity contribution in [3.8, 4) is 0 Å². The Kier molecular flexibility index (Phi) is 5.55. The maximum Gasteiger partial charge on any atom is 0.255 e. The van der Waals surface area contributed by atoms with Crippen LogP contribution in [0.5, 0.6) is 0 Å². The van der Waals surface area contributed by atoms with Gasteiger partial charge in [-0.3, -0.25) is 9.59 Å². The second kappa shape index (κ2) is 7.40. The molecule has 5 nitrogen and oxygen atoms in total. The summed E-state index contributed by atoms with van der Waals surface area (Å²) in [6.07, 6.45) is 2.35. The predicted molar refractivity (Wildman–Crippen MR) is 84.4 cm³/mol. The smallest absolute Gasteiger partial charge is 0.255 e. The van der Waals surface area contributed by atoms with Crippen molar-refractivity contribution in [2.24, 2.45) is 0 Å². The Morgan fingerprint density at radius 1 is 1.27 bits per heavy atom. The van der Waals surface area contributed by atoms with E-state index in [0.29, 0.717) is 12.1 Å². The summed E-state index contributed by atoms with van der Waals surface area (Å²) in [6.45, 7) is 4.51. The highest BCUT2D eigenvalue weighted by Crippen LogP contribution is 2.34. The van der Waals surface area contributed by atoms with Crippen molar-refractivity contribution in [2.75, 3.05) is 13.2 Å². The van der Waals surface area contributed by atoms with Gasteiger partial charge in [0.2, 0.25) is 5.91 Å². The van der Waals surface area contributed by atoms with Gasteiger partial charge in [-0.1, -0.05) is 18.2 Å². The summed E-state index contributed by atoms with van der Waals surface area (Å²) in [5.74, 6) is -0.209. The number of amides is 2. The average Bonchev–Trinajstić information content (AvgIpc) is 2.76.